The Morgan fingerprint density at radius 2 is 2.05 bits per heavy atom. The highest BCUT2D eigenvalue weighted by molar-refractivity contribution is 7.80. The van der Waals surface area contributed by atoms with Crippen LogP contribution in [0.15, 0.2) is 0 Å². The SMILES string of the molecule is CCOC(=O)c1c(NC(=S)N(CC)CC)sc2c1CCC2. The standard InChI is InChI=1S/C15H22N2O2S2/c1-4-17(5-2)15(20)16-13-12(14(18)19-6-3)10-8-7-9-11(10)21-13/h4-9H2,1-3H3,(H,16,20). The van der Waals surface area contributed by atoms with E-state index in [9.17, 15) is 4.79 Å². The summed E-state index contributed by atoms with van der Waals surface area (Å²) < 4.78 is 5.22. The smallest absolute Gasteiger partial charge is 0.341 e. The number of rotatable bonds is 5. The molecular weight excluding hydrogens is 304 g/mol. The minimum absolute atomic E-state index is 0.234. The first-order valence-electron chi connectivity index (χ1n) is 7.49. The molecule has 21 heavy (non-hydrogen) atoms. The van der Waals surface area contributed by atoms with Crippen molar-refractivity contribution in [2.45, 2.75) is 40.0 Å². The van der Waals surface area contributed by atoms with Gasteiger partial charge < -0.3 is 15.0 Å². The summed E-state index contributed by atoms with van der Waals surface area (Å²) in [4.78, 5) is 15.6. The van der Waals surface area contributed by atoms with Crippen LogP contribution in [0, 0.1) is 0 Å². The average molecular weight is 326 g/mol. The predicted octanol–water partition coefficient (Wildman–Crippen LogP) is 3.45. The van der Waals surface area contributed by atoms with E-state index in [1.54, 1.807) is 11.3 Å². The van der Waals surface area contributed by atoms with Crippen LogP contribution < -0.4 is 5.32 Å². The first-order valence-corrected chi connectivity index (χ1v) is 8.72. The fourth-order valence-electron chi connectivity index (χ4n) is 2.60. The second kappa shape index (κ2) is 7.22. The van der Waals surface area contributed by atoms with E-state index in [1.165, 1.54) is 4.88 Å². The zero-order valence-electron chi connectivity index (χ0n) is 12.8. The fourth-order valence-corrected chi connectivity index (χ4v) is 4.30. The lowest BCUT2D eigenvalue weighted by atomic mass is 10.1. The van der Waals surface area contributed by atoms with Gasteiger partial charge in [-0.1, -0.05) is 0 Å². The number of hydrogen-bond donors (Lipinski definition) is 1. The highest BCUT2D eigenvalue weighted by atomic mass is 32.1. The zero-order valence-corrected chi connectivity index (χ0v) is 14.5. The number of thiophene rings is 1. The van der Waals surface area contributed by atoms with Gasteiger partial charge in [-0.05, 0) is 57.8 Å². The van der Waals surface area contributed by atoms with Gasteiger partial charge in [0.1, 0.15) is 5.00 Å². The highest BCUT2D eigenvalue weighted by Gasteiger charge is 2.28. The molecule has 0 aromatic carbocycles. The van der Waals surface area contributed by atoms with Crippen LogP contribution in [-0.2, 0) is 17.6 Å². The van der Waals surface area contributed by atoms with Crippen molar-refractivity contribution in [1.29, 1.82) is 0 Å². The van der Waals surface area contributed by atoms with Gasteiger partial charge in [0.05, 0.1) is 12.2 Å². The van der Waals surface area contributed by atoms with Crippen LogP contribution in [0.3, 0.4) is 0 Å². The summed E-state index contributed by atoms with van der Waals surface area (Å²) in [5, 5.41) is 4.77. The van der Waals surface area contributed by atoms with E-state index in [4.69, 9.17) is 17.0 Å². The van der Waals surface area contributed by atoms with Gasteiger partial charge in [-0.3, -0.25) is 0 Å². The average Bonchev–Trinajstić information content (AvgIpc) is 3.00. The summed E-state index contributed by atoms with van der Waals surface area (Å²) in [6.45, 7) is 8.06. The van der Waals surface area contributed by atoms with Crippen LogP contribution in [0.25, 0.3) is 0 Å². The molecule has 1 heterocycles. The number of carbonyl (C=O) groups is 1. The molecule has 116 valence electrons. The third-order valence-corrected chi connectivity index (χ3v) is 5.24. The molecule has 0 unspecified atom stereocenters. The van der Waals surface area contributed by atoms with E-state index in [-0.39, 0.29) is 5.97 Å². The molecule has 1 N–H and O–H groups in total. The molecule has 6 heteroatoms. The van der Waals surface area contributed by atoms with E-state index in [0.717, 1.165) is 42.9 Å². The monoisotopic (exact) mass is 326 g/mol. The second-order valence-corrected chi connectivity index (χ2v) is 6.38. The molecule has 1 aliphatic carbocycles. The van der Waals surface area contributed by atoms with Crippen LogP contribution >= 0.6 is 23.6 Å². The number of nitrogens with zero attached hydrogens (tertiary/aromatic N) is 1. The number of ether oxygens (including phenoxy) is 1. The van der Waals surface area contributed by atoms with Gasteiger partial charge >= 0.3 is 5.97 Å². The van der Waals surface area contributed by atoms with Crippen molar-refractivity contribution in [3.8, 4) is 0 Å². The summed E-state index contributed by atoms with van der Waals surface area (Å²) in [5.41, 5.74) is 1.85. The molecule has 0 atom stereocenters. The van der Waals surface area contributed by atoms with Crippen molar-refractivity contribution in [2.24, 2.45) is 0 Å². The van der Waals surface area contributed by atoms with Gasteiger partial charge in [0.25, 0.3) is 0 Å². The molecule has 2 rings (SSSR count). The lowest BCUT2D eigenvalue weighted by molar-refractivity contribution is 0.0527. The molecule has 1 aliphatic rings. The molecule has 0 spiro atoms. The Bertz CT molecular complexity index is 536. The largest absolute Gasteiger partial charge is 0.462 e. The summed E-state index contributed by atoms with van der Waals surface area (Å²) in [6, 6.07) is 0. The minimum atomic E-state index is -0.234. The van der Waals surface area contributed by atoms with Crippen LogP contribution in [-0.4, -0.2) is 35.7 Å². The molecule has 1 aromatic rings. The normalized spacial score (nSPS) is 12.9. The van der Waals surface area contributed by atoms with Gasteiger partial charge in [0, 0.05) is 18.0 Å². The molecule has 4 nitrogen and oxygen atoms in total. The Labute approximate surface area is 135 Å². The maximum Gasteiger partial charge on any atom is 0.341 e. The molecule has 0 saturated heterocycles. The molecule has 0 saturated carbocycles. The van der Waals surface area contributed by atoms with Crippen molar-refractivity contribution in [3.63, 3.8) is 0 Å². The van der Waals surface area contributed by atoms with Gasteiger partial charge in [0.15, 0.2) is 5.11 Å². The number of hydrogen-bond acceptors (Lipinski definition) is 4. The number of anilines is 1. The zero-order chi connectivity index (χ0) is 15.4. The summed E-state index contributed by atoms with van der Waals surface area (Å²) in [7, 11) is 0. The summed E-state index contributed by atoms with van der Waals surface area (Å²) >= 11 is 7.09. The third-order valence-electron chi connectivity index (χ3n) is 3.67. The van der Waals surface area contributed by atoms with E-state index in [2.05, 4.69) is 24.1 Å². The number of nitrogens with one attached hydrogen (secondary N) is 1. The topological polar surface area (TPSA) is 41.6 Å². The highest BCUT2D eigenvalue weighted by Crippen LogP contribution is 2.39. The van der Waals surface area contributed by atoms with E-state index >= 15 is 0 Å². The van der Waals surface area contributed by atoms with Crippen molar-refractivity contribution >= 4 is 39.6 Å². The quantitative estimate of drug-likeness (QED) is 0.663. The Morgan fingerprint density at radius 3 is 2.67 bits per heavy atom. The fraction of sp³-hybridized carbons (Fsp3) is 0.600. The molecule has 0 radical (unpaired) electrons. The number of aryl methyl sites for hydroxylation is 1. The predicted molar refractivity (Wildman–Crippen MR) is 91.4 cm³/mol. The summed E-state index contributed by atoms with van der Waals surface area (Å²) in [6.07, 6.45) is 3.13. The van der Waals surface area contributed by atoms with Gasteiger partial charge in [-0.2, -0.15) is 0 Å². The maximum absolute atomic E-state index is 12.3. The lowest BCUT2D eigenvalue weighted by Crippen LogP contribution is -2.34. The maximum atomic E-state index is 12.3. The van der Waals surface area contributed by atoms with Crippen LogP contribution in [0.2, 0.25) is 0 Å². The molecule has 0 amide bonds. The van der Waals surface area contributed by atoms with E-state index in [1.807, 2.05) is 6.92 Å². The summed E-state index contributed by atoms with van der Waals surface area (Å²) in [5.74, 6) is -0.234. The van der Waals surface area contributed by atoms with Gasteiger partial charge in [-0.15, -0.1) is 11.3 Å². The molecule has 0 fully saturated rings. The van der Waals surface area contributed by atoms with Gasteiger partial charge in [0.2, 0.25) is 0 Å². The second-order valence-electron chi connectivity index (χ2n) is 4.88. The number of fused-ring (bicyclic) bond motifs is 1. The van der Waals surface area contributed by atoms with E-state index < -0.39 is 0 Å². The van der Waals surface area contributed by atoms with Crippen molar-refractivity contribution in [3.05, 3.63) is 16.0 Å². The Hall–Kier alpha value is -1.14. The Morgan fingerprint density at radius 1 is 1.33 bits per heavy atom. The Balaban J connectivity index is 2.27. The first-order chi connectivity index (χ1) is 10.1. The Kier molecular flexibility index (Phi) is 5.58. The first kappa shape index (κ1) is 16.2. The number of esters is 1. The molecule has 0 bridgehead atoms. The number of carbonyl (C=O) groups excluding carboxylic acids is 1. The molecule has 1 aromatic heterocycles. The van der Waals surface area contributed by atoms with Crippen LogP contribution in [0.5, 0.6) is 0 Å². The van der Waals surface area contributed by atoms with Crippen molar-refractivity contribution < 1.29 is 9.53 Å². The lowest BCUT2D eigenvalue weighted by Gasteiger charge is -2.22. The minimum Gasteiger partial charge on any atom is -0.462 e. The number of thiocarbonyl (C=S) groups is 1. The van der Waals surface area contributed by atoms with Crippen molar-refractivity contribution in [1.82, 2.24) is 4.90 Å². The molecular formula is C15H22N2O2S2. The van der Waals surface area contributed by atoms with Crippen molar-refractivity contribution in [2.75, 3.05) is 25.0 Å². The van der Waals surface area contributed by atoms with E-state index in [0.29, 0.717) is 17.3 Å². The van der Waals surface area contributed by atoms with Gasteiger partial charge in [-0.25, -0.2) is 4.79 Å². The third kappa shape index (κ3) is 3.37. The van der Waals surface area contributed by atoms with Crippen LogP contribution in [0.4, 0.5) is 5.00 Å². The molecule has 0 aliphatic heterocycles. The van der Waals surface area contributed by atoms with Crippen LogP contribution in [0.1, 0.15) is 48.0 Å².